The molecule has 1 aromatic heterocycles. The number of methoxy groups -OCH3 is 1. The van der Waals surface area contributed by atoms with Gasteiger partial charge in [-0.3, -0.25) is 0 Å². The molecule has 0 bridgehead atoms. The van der Waals surface area contributed by atoms with Crippen molar-refractivity contribution in [3.63, 3.8) is 0 Å². The normalized spacial score (nSPS) is 20.7. The Morgan fingerprint density at radius 2 is 2.30 bits per heavy atom. The number of hydrogen-bond acceptors (Lipinski definition) is 4. The molecule has 1 unspecified atom stereocenters. The van der Waals surface area contributed by atoms with Crippen LogP contribution in [-0.4, -0.2) is 43.4 Å². The Morgan fingerprint density at radius 3 is 2.96 bits per heavy atom. The van der Waals surface area contributed by atoms with Crippen LogP contribution in [0.2, 0.25) is 0 Å². The lowest BCUT2D eigenvalue weighted by Crippen LogP contribution is -2.45. The van der Waals surface area contributed by atoms with E-state index in [0.29, 0.717) is 12.4 Å². The van der Waals surface area contributed by atoms with Crippen LogP contribution in [0.5, 0.6) is 5.88 Å². The van der Waals surface area contributed by atoms with Crippen LogP contribution in [0.4, 0.5) is 0 Å². The number of hydrogen-bond donors (Lipinski definition) is 2. The third-order valence-electron chi connectivity index (χ3n) is 3.73. The minimum Gasteiger partial charge on any atom is -0.481 e. The minimum absolute atomic E-state index is 0. The van der Waals surface area contributed by atoms with E-state index in [-0.39, 0.29) is 29.6 Å². The van der Waals surface area contributed by atoms with Crippen molar-refractivity contribution >= 4 is 29.9 Å². The first kappa shape index (κ1) is 20.0. The van der Waals surface area contributed by atoms with Crippen molar-refractivity contribution in [1.29, 1.82) is 0 Å². The lowest BCUT2D eigenvalue weighted by atomic mass is 10.0. The van der Waals surface area contributed by atoms with Crippen LogP contribution < -0.4 is 15.4 Å². The van der Waals surface area contributed by atoms with Gasteiger partial charge in [0, 0.05) is 31.5 Å². The zero-order valence-electron chi connectivity index (χ0n) is 14.1. The molecule has 1 atom stereocenters. The van der Waals surface area contributed by atoms with Crippen molar-refractivity contribution in [3.8, 4) is 5.88 Å². The number of aliphatic imine (C=N–C) groups is 1. The Hall–Kier alpha value is -1.09. The van der Waals surface area contributed by atoms with Gasteiger partial charge in [-0.05, 0) is 32.8 Å². The molecule has 0 radical (unpaired) electrons. The maximum Gasteiger partial charge on any atom is 0.218 e. The number of nitrogens with zero attached hydrogens (tertiary/aromatic N) is 2. The lowest BCUT2D eigenvalue weighted by Gasteiger charge is -2.24. The molecular formula is C16H27IN4O2. The summed E-state index contributed by atoms with van der Waals surface area (Å²) < 4.78 is 11.0. The smallest absolute Gasteiger partial charge is 0.218 e. The average Bonchev–Trinajstić information content (AvgIpc) is 2.97. The SMILES string of the molecule is CCNC(=NCc1cccnc1OC)NCC1(C)CCCO1.I. The molecule has 1 aromatic rings. The lowest BCUT2D eigenvalue weighted by molar-refractivity contribution is 0.0243. The van der Waals surface area contributed by atoms with E-state index in [1.54, 1.807) is 13.3 Å². The molecule has 6 nitrogen and oxygen atoms in total. The molecular weight excluding hydrogens is 407 g/mol. The van der Waals surface area contributed by atoms with E-state index in [0.717, 1.165) is 44.1 Å². The predicted molar refractivity (Wildman–Crippen MR) is 103 cm³/mol. The quantitative estimate of drug-likeness (QED) is 0.409. The Bertz CT molecular complexity index is 505. The molecule has 0 spiro atoms. The standard InChI is InChI=1S/C16H26N4O2.HI/c1-4-17-15(20-12-16(2)8-6-10-22-16)19-11-13-7-5-9-18-14(13)21-3;/h5,7,9H,4,6,8,10-12H2,1-3H3,(H2,17,19,20);1H. The highest BCUT2D eigenvalue weighted by atomic mass is 127. The Balaban J connectivity index is 0.00000264. The highest BCUT2D eigenvalue weighted by Crippen LogP contribution is 2.23. The molecule has 0 amide bonds. The van der Waals surface area contributed by atoms with Crippen molar-refractivity contribution in [2.45, 2.75) is 38.8 Å². The third-order valence-corrected chi connectivity index (χ3v) is 3.73. The Kier molecular flexibility index (Phi) is 8.60. The highest BCUT2D eigenvalue weighted by molar-refractivity contribution is 14.0. The van der Waals surface area contributed by atoms with Gasteiger partial charge >= 0.3 is 0 Å². The van der Waals surface area contributed by atoms with E-state index in [2.05, 4.69) is 34.5 Å². The molecule has 2 heterocycles. The Morgan fingerprint density at radius 1 is 1.48 bits per heavy atom. The number of pyridine rings is 1. The first-order chi connectivity index (χ1) is 10.7. The molecule has 2 N–H and O–H groups in total. The summed E-state index contributed by atoms with van der Waals surface area (Å²) in [6, 6.07) is 3.86. The number of rotatable bonds is 6. The number of guanidine groups is 1. The van der Waals surface area contributed by atoms with Gasteiger partial charge in [-0.25, -0.2) is 9.98 Å². The second-order valence-corrected chi connectivity index (χ2v) is 5.62. The van der Waals surface area contributed by atoms with Gasteiger partial charge in [0.05, 0.1) is 19.3 Å². The van der Waals surface area contributed by atoms with E-state index in [4.69, 9.17) is 9.47 Å². The number of nitrogens with one attached hydrogen (secondary N) is 2. The minimum atomic E-state index is -0.0951. The molecule has 1 fully saturated rings. The van der Waals surface area contributed by atoms with Crippen LogP contribution in [0.25, 0.3) is 0 Å². The van der Waals surface area contributed by atoms with E-state index < -0.39 is 0 Å². The molecule has 7 heteroatoms. The molecule has 0 saturated carbocycles. The Labute approximate surface area is 155 Å². The van der Waals surface area contributed by atoms with Crippen molar-refractivity contribution in [1.82, 2.24) is 15.6 Å². The fourth-order valence-corrected chi connectivity index (χ4v) is 2.48. The summed E-state index contributed by atoms with van der Waals surface area (Å²) in [5.74, 6) is 1.40. The number of aromatic nitrogens is 1. The zero-order chi connectivity index (χ0) is 15.8. The molecule has 0 aliphatic carbocycles. The summed E-state index contributed by atoms with van der Waals surface area (Å²) in [6.07, 6.45) is 3.92. The van der Waals surface area contributed by atoms with Gasteiger partial charge in [-0.15, -0.1) is 24.0 Å². The molecule has 130 valence electrons. The summed E-state index contributed by atoms with van der Waals surface area (Å²) in [7, 11) is 1.62. The fourth-order valence-electron chi connectivity index (χ4n) is 2.48. The van der Waals surface area contributed by atoms with Gasteiger partial charge in [-0.2, -0.15) is 0 Å². The largest absolute Gasteiger partial charge is 0.481 e. The van der Waals surface area contributed by atoms with Crippen molar-refractivity contribution in [3.05, 3.63) is 23.9 Å². The van der Waals surface area contributed by atoms with E-state index in [9.17, 15) is 0 Å². The van der Waals surface area contributed by atoms with Crippen LogP contribution in [0.15, 0.2) is 23.3 Å². The highest BCUT2D eigenvalue weighted by Gasteiger charge is 2.29. The van der Waals surface area contributed by atoms with Gasteiger partial charge in [0.1, 0.15) is 0 Å². The third kappa shape index (κ3) is 6.14. The van der Waals surface area contributed by atoms with Crippen molar-refractivity contribution in [2.75, 3.05) is 26.8 Å². The van der Waals surface area contributed by atoms with Crippen LogP contribution in [0, 0.1) is 0 Å². The van der Waals surface area contributed by atoms with Crippen molar-refractivity contribution < 1.29 is 9.47 Å². The topological polar surface area (TPSA) is 67.8 Å². The van der Waals surface area contributed by atoms with Crippen LogP contribution in [-0.2, 0) is 11.3 Å². The summed E-state index contributed by atoms with van der Waals surface area (Å²) in [5, 5.41) is 6.62. The summed E-state index contributed by atoms with van der Waals surface area (Å²) in [4.78, 5) is 8.79. The number of ether oxygens (including phenoxy) is 2. The van der Waals surface area contributed by atoms with E-state index in [1.807, 2.05) is 12.1 Å². The number of halogens is 1. The monoisotopic (exact) mass is 434 g/mol. The van der Waals surface area contributed by atoms with Gasteiger partial charge < -0.3 is 20.1 Å². The fraction of sp³-hybridized carbons (Fsp3) is 0.625. The average molecular weight is 434 g/mol. The first-order valence-corrected chi connectivity index (χ1v) is 7.81. The second-order valence-electron chi connectivity index (χ2n) is 5.62. The molecule has 1 saturated heterocycles. The summed E-state index contributed by atoms with van der Waals surface area (Å²) in [5.41, 5.74) is 0.868. The van der Waals surface area contributed by atoms with Crippen LogP contribution in [0.3, 0.4) is 0 Å². The molecule has 1 aliphatic heterocycles. The summed E-state index contributed by atoms with van der Waals surface area (Å²) in [6.45, 7) is 7.12. The predicted octanol–water partition coefficient (Wildman–Crippen LogP) is 2.33. The second kappa shape index (κ2) is 9.92. The van der Waals surface area contributed by atoms with E-state index in [1.165, 1.54) is 0 Å². The summed E-state index contributed by atoms with van der Waals surface area (Å²) >= 11 is 0. The molecule has 1 aliphatic rings. The van der Waals surface area contributed by atoms with Gasteiger partial charge in [0.15, 0.2) is 5.96 Å². The van der Waals surface area contributed by atoms with Gasteiger partial charge in [-0.1, -0.05) is 6.07 Å². The molecule has 0 aromatic carbocycles. The van der Waals surface area contributed by atoms with Crippen molar-refractivity contribution in [2.24, 2.45) is 4.99 Å². The first-order valence-electron chi connectivity index (χ1n) is 7.81. The van der Waals surface area contributed by atoms with E-state index >= 15 is 0 Å². The van der Waals surface area contributed by atoms with Crippen LogP contribution in [0.1, 0.15) is 32.3 Å². The maximum absolute atomic E-state index is 5.79. The van der Waals surface area contributed by atoms with Gasteiger partial charge in [0.25, 0.3) is 0 Å². The van der Waals surface area contributed by atoms with Gasteiger partial charge in [0.2, 0.25) is 5.88 Å². The molecule has 23 heavy (non-hydrogen) atoms. The zero-order valence-corrected chi connectivity index (χ0v) is 16.4. The maximum atomic E-state index is 5.79. The molecule has 2 rings (SSSR count). The van der Waals surface area contributed by atoms with Crippen LogP contribution >= 0.6 is 24.0 Å².